The third-order valence-electron chi connectivity index (χ3n) is 3.66. The van der Waals surface area contributed by atoms with Gasteiger partial charge >= 0.3 is 6.18 Å². The lowest BCUT2D eigenvalue weighted by molar-refractivity contribution is -0.137. The van der Waals surface area contributed by atoms with Crippen molar-refractivity contribution >= 4 is 0 Å². The molecule has 1 N–H and O–H groups in total. The van der Waals surface area contributed by atoms with E-state index in [1.165, 1.54) is 24.3 Å². The van der Waals surface area contributed by atoms with Crippen molar-refractivity contribution < 1.29 is 17.6 Å². The van der Waals surface area contributed by atoms with Gasteiger partial charge in [-0.25, -0.2) is 9.37 Å². The van der Waals surface area contributed by atoms with Crippen LogP contribution in [0, 0.1) is 5.82 Å². The molecule has 0 aliphatic carbocycles. The molecule has 1 heterocycles. The third-order valence-corrected chi connectivity index (χ3v) is 3.66. The van der Waals surface area contributed by atoms with Gasteiger partial charge in [-0.05, 0) is 37.6 Å². The van der Waals surface area contributed by atoms with Crippen LogP contribution in [0.4, 0.5) is 17.6 Å². The van der Waals surface area contributed by atoms with Crippen LogP contribution in [0.1, 0.15) is 31.5 Å². The molecule has 0 saturated carbocycles. The van der Waals surface area contributed by atoms with E-state index < -0.39 is 17.6 Å². The number of hydrogen-bond acceptors (Lipinski definition) is 2. The Morgan fingerprint density at radius 2 is 1.74 bits per heavy atom. The zero-order valence-electron chi connectivity index (χ0n) is 12.9. The first-order valence-corrected chi connectivity index (χ1v) is 7.37. The van der Waals surface area contributed by atoms with Crippen LogP contribution >= 0.6 is 0 Å². The van der Waals surface area contributed by atoms with Crippen LogP contribution in [-0.2, 0) is 12.7 Å². The summed E-state index contributed by atoms with van der Waals surface area (Å²) in [4.78, 5) is 4.22. The van der Waals surface area contributed by atoms with Gasteiger partial charge in [0.25, 0.3) is 0 Å². The molecule has 0 aliphatic heterocycles. The highest BCUT2D eigenvalue weighted by atomic mass is 19.4. The van der Waals surface area contributed by atoms with Gasteiger partial charge in [-0.1, -0.05) is 19.1 Å². The second-order valence-electron chi connectivity index (χ2n) is 5.39. The van der Waals surface area contributed by atoms with Gasteiger partial charge in [0.05, 0.1) is 17.0 Å². The number of rotatable bonds is 5. The van der Waals surface area contributed by atoms with Crippen molar-refractivity contribution in [2.24, 2.45) is 0 Å². The van der Waals surface area contributed by atoms with Gasteiger partial charge in [-0.15, -0.1) is 0 Å². The number of nitrogens with one attached hydrogen (secondary N) is 1. The quantitative estimate of drug-likeness (QED) is 0.799. The summed E-state index contributed by atoms with van der Waals surface area (Å²) in [6.07, 6.45) is -3.47. The van der Waals surface area contributed by atoms with Crippen LogP contribution in [0.15, 0.2) is 36.4 Å². The highest BCUT2D eigenvalue weighted by molar-refractivity contribution is 5.59. The number of pyridine rings is 1. The van der Waals surface area contributed by atoms with E-state index in [0.29, 0.717) is 11.3 Å². The molecule has 2 rings (SSSR count). The first-order chi connectivity index (χ1) is 10.8. The summed E-state index contributed by atoms with van der Waals surface area (Å²) in [5, 5.41) is 3.15. The second-order valence-corrected chi connectivity index (χ2v) is 5.39. The maximum Gasteiger partial charge on any atom is 0.416 e. The Labute approximate surface area is 132 Å². The molecule has 2 aromatic rings. The van der Waals surface area contributed by atoms with Gasteiger partial charge in [0.2, 0.25) is 0 Å². The van der Waals surface area contributed by atoms with Crippen molar-refractivity contribution in [2.45, 2.75) is 39.0 Å². The van der Waals surface area contributed by atoms with Gasteiger partial charge in [-0.2, -0.15) is 13.2 Å². The minimum Gasteiger partial charge on any atom is -0.309 e. The average Bonchev–Trinajstić information content (AvgIpc) is 2.53. The highest BCUT2D eigenvalue weighted by Gasteiger charge is 2.30. The highest BCUT2D eigenvalue weighted by Crippen LogP contribution is 2.30. The second kappa shape index (κ2) is 7.08. The molecule has 0 radical (unpaired) electrons. The van der Waals surface area contributed by atoms with Crippen molar-refractivity contribution in [1.82, 2.24) is 10.3 Å². The predicted molar refractivity (Wildman–Crippen MR) is 81.2 cm³/mol. The Hall–Kier alpha value is -1.95. The number of nitrogens with zero attached hydrogens (tertiary/aromatic N) is 1. The minimum atomic E-state index is -4.37. The lowest BCUT2D eigenvalue weighted by Gasteiger charge is -2.12. The smallest absolute Gasteiger partial charge is 0.309 e. The summed E-state index contributed by atoms with van der Waals surface area (Å²) in [5.41, 5.74) is 0.494. The molecule has 1 aromatic carbocycles. The molecule has 1 aromatic heterocycles. The van der Waals surface area contributed by atoms with Crippen molar-refractivity contribution in [1.29, 1.82) is 0 Å². The lowest BCUT2D eigenvalue weighted by atomic mass is 10.1. The maximum absolute atomic E-state index is 13.8. The summed E-state index contributed by atoms with van der Waals surface area (Å²) >= 11 is 0. The molecule has 0 unspecified atom stereocenters. The molecule has 2 nitrogen and oxygen atoms in total. The number of hydrogen-bond donors (Lipinski definition) is 1. The van der Waals surface area contributed by atoms with E-state index in [2.05, 4.69) is 10.3 Å². The molecule has 124 valence electrons. The summed E-state index contributed by atoms with van der Waals surface area (Å²) in [5.74, 6) is -0.434. The van der Waals surface area contributed by atoms with Crippen molar-refractivity contribution in [3.8, 4) is 11.3 Å². The molecule has 0 spiro atoms. The summed E-state index contributed by atoms with van der Waals surface area (Å²) < 4.78 is 51.5. The Balaban J connectivity index is 2.23. The standard InChI is InChI=1S/C17H18F4N2/c1-3-11(2)22-10-16-14(18)8-9-15(23-16)12-4-6-13(7-5-12)17(19,20)21/h4-9,11,22H,3,10H2,1-2H3/t11-/m1/s1. The van der Waals surface area contributed by atoms with Gasteiger partial charge in [0.1, 0.15) is 5.82 Å². The van der Waals surface area contributed by atoms with Crippen LogP contribution in [-0.4, -0.2) is 11.0 Å². The first kappa shape index (κ1) is 17.4. The normalized spacial score (nSPS) is 13.1. The Morgan fingerprint density at radius 3 is 2.30 bits per heavy atom. The minimum absolute atomic E-state index is 0.228. The van der Waals surface area contributed by atoms with E-state index in [-0.39, 0.29) is 18.3 Å². The number of alkyl halides is 3. The van der Waals surface area contributed by atoms with E-state index in [4.69, 9.17) is 0 Å². The van der Waals surface area contributed by atoms with Crippen molar-refractivity contribution in [3.05, 3.63) is 53.5 Å². The molecule has 6 heteroatoms. The monoisotopic (exact) mass is 326 g/mol. The lowest BCUT2D eigenvalue weighted by Crippen LogP contribution is -2.25. The van der Waals surface area contributed by atoms with Crippen molar-refractivity contribution in [3.63, 3.8) is 0 Å². The van der Waals surface area contributed by atoms with Crippen LogP contribution in [0.5, 0.6) is 0 Å². The average molecular weight is 326 g/mol. The van der Waals surface area contributed by atoms with Crippen LogP contribution < -0.4 is 5.32 Å². The van der Waals surface area contributed by atoms with Crippen LogP contribution in [0.25, 0.3) is 11.3 Å². The van der Waals surface area contributed by atoms with E-state index in [9.17, 15) is 17.6 Å². The molecule has 0 aliphatic rings. The Bertz CT molecular complexity index is 651. The fourth-order valence-electron chi connectivity index (χ4n) is 2.01. The van der Waals surface area contributed by atoms with Crippen molar-refractivity contribution in [2.75, 3.05) is 0 Å². The fourth-order valence-corrected chi connectivity index (χ4v) is 2.01. The molecule has 0 amide bonds. The van der Waals surface area contributed by atoms with E-state index >= 15 is 0 Å². The van der Waals surface area contributed by atoms with Crippen LogP contribution in [0.3, 0.4) is 0 Å². The molecule has 0 bridgehead atoms. The maximum atomic E-state index is 13.8. The zero-order chi connectivity index (χ0) is 17.0. The predicted octanol–water partition coefficient (Wildman–Crippen LogP) is 4.79. The summed E-state index contributed by atoms with van der Waals surface area (Å²) in [6, 6.07) is 7.66. The third kappa shape index (κ3) is 4.51. The Morgan fingerprint density at radius 1 is 1.09 bits per heavy atom. The van der Waals surface area contributed by atoms with Gasteiger partial charge in [0, 0.05) is 18.2 Å². The first-order valence-electron chi connectivity index (χ1n) is 7.37. The van der Waals surface area contributed by atoms with E-state index in [0.717, 1.165) is 18.6 Å². The molecule has 23 heavy (non-hydrogen) atoms. The van der Waals surface area contributed by atoms with Gasteiger partial charge < -0.3 is 5.32 Å². The van der Waals surface area contributed by atoms with Crippen LogP contribution in [0.2, 0.25) is 0 Å². The molecule has 1 atom stereocenters. The zero-order valence-corrected chi connectivity index (χ0v) is 12.9. The number of halogens is 4. The molecule has 0 saturated heterocycles. The van der Waals surface area contributed by atoms with E-state index in [1.807, 2.05) is 13.8 Å². The molecular weight excluding hydrogens is 308 g/mol. The SMILES string of the molecule is CC[C@@H](C)NCc1nc(-c2ccc(C(F)(F)F)cc2)ccc1F. The Kier molecular flexibility index (Phi) is 5.36. The number of benzene rings is 1. The van der Waals surface area contributed by atoms with E-state index in [1.54, 1.807) is 0 Å². The summed E-state index contributed by atoms with van der Waals surface area (Å²) in [6.45, 7) is 4.27. The molecule has 0 fully saturated rings. The summed E-state index contributed by atoms with van der Waals surface area (Å²) in [7, 11) is 0. The topological polar surface area (TPSA) is 24.9 Å². The largest absolute Gasteiger partial charge is 0.416 e. The van der Waals surface area contributed by atoms with Gasteiger partial charge in [0.15, 0.2) is 0 Å². The van der Waals surface area contributed by atoms with Gasteiger partial charge in [-0.3, -0.25) is 0 Å². The fraction of sp³-hybridized carbons (Fsp3) is 0.353. The molecular formula is C17H18F4N2. The number of aromatic nitrogens is 1.